The van der Waals surface area contributed by atoms with Crippen LogP contribution in [0.2, 0.25) is 0 Å². The van der Waals surface area contributed by atoms with Crippen molar-refractivity contribution in [2.24, 2.45) is 5.92 Å². The van der Waals surface area contributed by atoms with Crippen molar-refractivity contribution in [3.05, 3.63) is 0 Å². The highest BCUT2D eigenvalue weighted by atomic mass is 16.5. The highest BCUT2D eigenvalue weighted by Gasteiger charge is 2.29. The Morgan fingerprint density at radius 3 is 2.36 bits per heavy atom. The zero-order chi connectivity index (χ0) is 8.43. The molecule has 0 aliphatic carbocycles. The molecule has 0 amide bonds. The molecule has 1 heterocycles. The van der Waals surface area contributed by atoms with Crippen LogP contribution in [0.5, 0.6) is 0 Å². The van der Waals surface area contributed by atoms with E-state index in [1.54, 1.807) is 0 Å². The molecule has 2 unspecified atom stereocenters. The van der Waals surface area contributed by atoms with Crippen LogP contribution in [0.4, 0.5) is 0 Å². The molecule has 0 bridgehead atoms. The van der Waals surface area contributed by atoms with E-state index in [4.69, 9.17) is 9.84 Å². The Labute approximate surface area is 67.0 Å². The number of aliphatic hydroxyl groups excluding tert-OH is 2. The Morgan fingerprint density at radius 1 is 1.27 bits per heavy atom. The van der Waals surface area contributed by atoms with Gasteiger partial charge >= 0.3 is 0 Å². The Bertz CT molecular complexity index is 125. The van der Waals surface area contributed by atoms with Crippen LogP contribution in [0.15, 0.2) is 0 Å². The highest BCUT2D eigenvalue weighted by molar-refractivity contribution is 4.78. The molecular weight excluding hydrogens is 144 g/mol. The summed E-state index contributed by atoms with van der Waals surface area (Å²) < 4.78 is 5.31. The summed E-state index contributed by atoms with van der Waals surface area (Å²) in [4.78, 5) is 0. The summed E-state index contributed by atoms with van der Waals surface area (Å²) >= 11 is 0. The smallest absolute Gasteiger partial charge is 0.103 e. The van der Waals surface area contributed by atoms with Gasteiger partial charge in [0.05, 0.1) is 18.8 Å². The fraction of sp³-hybridized carbons (Fsp3) is 1.00. The summed E-state index contributed by atoms with van der Waals surface area (Å²) in [7, 11) is 0. The Hall–Kier alpha value is -0.120. The third-order valence-corrected chi connectivity index (χ3v) is 2.14. The predicted octanol–water partition coefficient (Wildman–Crippen LogP) is 0.153. The van der Waals surface area contributed by atoms with E-state index in [0.29, 0.717) is 12.3 Å². The van der Waals surface area contributed by atoms with Crippen LogP contribution >= 0.6 is 0 Å². The third kappa shape index (κ3) is 2.15. The standard InChI is InChI=1S/C8H16O3/c1-5(2)8-3-6(9)7(10)4-11-8/h5-10H,3-4H2,1-2H3/t6?,7?,8-/m0/s1. The van der Waals surface area contributed by atoms with E-state index in [9.17, 15) is 5.11 Å². The number of aliphatic hydroxyl groups is 2. The van der Waals surface area contributed by atoms with Gasteiger partial charge in [-0.25, -0.2) is 0 Å². The molecule has 11 heavy (non-hydrogen) atoms. The van der Waals surface area contributed by atoms with E-state index >= 15 is 0 Å². The Kier molecular flexibility index (Phi) is 2.87. The second kappa shape index (κ2) is 3.52. The number of hydrogen-bond donors (Lipinski definition) is 2. The maximum absolute atomic E-state index is 9.27. The van der Waals surface area contributed by atoms with E-state index < -0.39 is 12.2 Å². The lowest BCUT2D eigenvalue weighted by atomic mass is 9.96. The van der Waals surface area contributed by atoms with Gasteiger partial charge in [-0.1, -0.05) is 13.8 Å². The summed E-state index contributed by atoms with van der Waals surface area (Å²) in [6.07, 6.45) is -0.631. The van der Waals surface area contributed by atoms with Crippen LogP contribution in [-0.2, 0) is 4.74 Å². The molecule has 66 valence electrons. The number of rotatable bonds is 1. The summed E-state index contributed by atoms with van der Waals surface area (Å²) in [5, 5.41) is 18.4. The fourth-order valence-electron chi connectivity index (χ4n) is 1.26. The van der Waals surface area contributed by atoms with Crippen molar-refractivity contribution in [2.75, 3.05) is 6.61 Å². The fourth-order valence-corrected chi connectivity index (χ4v) is 1.26. The number of ether oxygens (including phenoxy) is 1. The zero-order valence-electron chi connectivity index (χ0n) is 7.03. The van der Waals surface area contributed by atoms with Gasteiger partial charge in [-0.3, -0.25) is 0 Å². The molecule has 3 heteroatoms. The maximum Gasteiger partial charge on any atom is 0.103 e. The van der Waals surface area contributed by atoms with Crippen LogP contribution < -0.4 is 0 Å². The first-order chi connectivity index (χ1) is 5.11. The normalized spacial score (nSPS) is 39.5. The van der Waals surface area contributed by atoms with Gasteiger partial charge in [-0.15, -0.1) is 0 Å². The zero-order valence-corrected chi connectivity index (χ0v) is 7.03. The number of hydrogen-bond acceptors (Lipinski definition) is 3. The molecule has 1 aliphatic heterocycles. The summed E-state index contributed by atoms with van der Waals surface area (Å²) in [5.74, 6) is 0.414. The molecule has 0 aromatic carbocycles. The lowest BCUT2D eigenvalue weighted by Gasteiger charge is -2.32. The minimum absolute atomic E-state index is 0.105. The molecule has 1 fully saturated rings. The molecule has 0 aromatic heterocycles. The quantitative estimate of drug-likeness (QED) is 0.574. The lowest BCUT2D eigenvalue weighted by molar-refractivity contribution is -0.132. The van der Waals surface area contributed by atoms with Crippen molar-refractivity contribution in [3.8, 4) is 0 Å². The van der Waals surface area contributed by atoms with Gasteiger partial charge < -0.3 is 14.9 Å². The van der Waals surface area contributed by atoms with E-state index in [-0.39, 0.29) is 12.7 Å². The molecule has 1 saturated heterocycles. The first kappa shape index (κ1) is 8.97. The minimum Gasteiger partial charge on any atom is -0.390 e. The molecule has 2 N–H and O–H groups in total. The first-order valence-electron chi connectivity index (χ1n) is 4.09. The van der Waals surface area contributed by atoms with Gasteiger partial charge in [0.15, 0.2) is 0 Å². The van der Waals surface area contributed by atoms with E-state index in [1.165, 1.54) is 0 Å². The van der Waals surface area contributed by atoms with Gasteiger partial charge in [-0.05, 0) is 5.92 Å². The second-order valence-electron chi connectivity index (χ2n) is 3.49. The second-order valence-corrected chi connectivity index (χ2v) is 3.49. The van der Waals surface area contributed by atoms with Crippen LogP contribution in [0.1, 0.15) is 20.3 Å². The summed E-state index contributed by atoms with van der Waals surface area (Å²) in [5.41, 5.74) is 0. The minimum atomic E-state index is -0.690. The topological polar surface area (TPSA) is 49.7 Å². The van der Waals surface area contributed by atoms with Crippen molar-refractivity contribution in [1.29, 1.82) is 0 Å². The van der Waals surface area contributed by atoms with Gasteiger partial charge in [0, 0.05) is 6.42 Å². The van der Waals surface area contributed by atoms with E-state index in [0.717, 1.165) is 0 Å². The van der Waals surface area contributed by atoms with Gasteiger partial charge in [0.2, 0.25) is 0 Å². The summed E-state index contributed by atoms with van der Waals surface area (Å²) in [6.45, 7) is 4.37. The average molecular weight is 160 g/mol. The van der Waals surface area contributed by atoms with Crippen molar-refractivity contribution < 1.29 is 14.9 Å². The lowest BCUT2D eigenvalue weighted by Crippen LogP contribution is -2.42. The SMILES string of the molecule is CC(C)[C@@H]1CC(O)C(O)CO1. The molecule has 1 rings (SSSR count). The molecule has 3 nitrogen and oxygen atoms in total. The maximum atomic E-state index is 9.27. The molecule has 0 radical (unpaired) electrons. The van der Waals surface area contributed by atoms with Crippen LogP contribution in [-0.4, -0.2) is 35.1 Å². The molecule has 3 atom stereocenters. The third-order valence-electron chi connectivity index (χ3n) is 2.14. The van der Waals surface area contributed by atoms with Crippen molar-refractivity contribution in [1.82, 2.24) is 0 Å². The van der Waals surface area contributed by atoms with Gasteiger partial charge in [0.1, 0.15) is 6.10 Å². The van der Waals surface area contributed by atoms with E-state index in [2.05, 4.69) is 13.8 Å². The summed E-state index contributed by atoms with van der Waals surface area (Å²) in [6, 6.07) is 0. The average Bonchev–Trinajstić information content (AvgIpc) is 1.94. The van der Waals surface area contributed by atoms with Crippen molar-refractivity contribution in [2.45, 2.75) is 38.6 Å². The van der Waals surface area contributed by atoms with E-state index in [1.807, 2.05) is 0 Å². The molecular formula is C8H16O3. The van der Waals surface area contributed by atoms with Gasteiger partial charge in [0.25, 0.3) is 0 Å². The molecule has 0 spiro atoms. The van der Waals surface area contributed by atoms with Crippen LogP contribution in [0, 0.1) is 5.92 Å². The molecule has 0 aromatic rings. The molecule has 0 saturated carbocycles. The molecule has 1 aliphatic rings. The van der Waals surface area contributed by atoms with Gasteiger partial charge in [-0.2, -0.15) is 0 Å². The first-order valence-corrected chi connectivity index (χ1v) is 4.09. The largest absolute Gasteiger partial charge is 0.390 e. The predicted molar refractivity (Wildman–Crippen MR) is 41.2 cm³/mol. The highest BCUT2D eigenvalue weighted by Crippen LogP contribution is 2.20. The monoisotopic (exact) mass is 160 g/mol. The van der Waals surface area contributed by atoms with Crippen molar-refractivity contribution in [3.63, 3.8) is 0 Å². The van der Waals surface area contributed by atoms with Crippen LogP contribution in [0.3, 0.4) is 0 Å². The van der Waals surface area contributed by atoms with Crippen molar-refractivity contribution >= 4 is 0 Å². The Balaban J connectivity index is 2.40. The van der Waals surface area contributed by atoms with Crippen LogP contribution in [0.25, 0.3) is 0 Å². The Morgan fingerprint density at radius 2 is 1.91 bits per heavy atom.